The molecule has 1 amide bonds. The highest BCUT2D eigenvalue weighted by Gasteiger charge is 2.28. The second-order valence-electron chi connectivity index (χ2n) is 6.47. The number of carbonyl (C=O) groups excluding carboxylic acids is 1. The molecule has 6 heteroatoms. The highest BCUT2D eigenvalue weighted by atomic mass is 35.5. The summed E-state index contributed by atoms with van der Waals surface area (Å²) in [7, 11) is 0. The van der Waals surface area contributed by atoms with Gasteiger partial charge in [-0.2, -0.15) is 0 Å². The Morgan fingerprint density at radius 3 is 2.52 bits per heavy atom. The van der Waals surface area contributed by atoms with Crippen molar-refractivity contribution in [2.24, 2.45) is 0 Å². The number of para-hydroxylation sites is 1. The van der Waals surface area contributed by atoms with Crippen molar-refractivity contribution in [3.8, 4) is 17.1 Å². The Hall–Kier alpha value is -2.79. The number of halogens is 1. The Kier molecular flexibility index (Phi) is 5.12. The molecule has 1 saturated heterocycles. The van der Waals surface area contributed by atoms with Crippen LogP contribution in [0.15, 0.2) is 65.3 Å². The average molecular weight is 383 g/mol. The summed E-state index contributed by atoms with van der Waals surface area (Å²) >= 11 is 6.16. The molecule has 1 fully saturated rings. The number of piperidine rings is 1. The van der Waals surface area contributed by atoms with Crippen LogP contribution < -0.4 is 4.74 Å². The molecule has 1 aromatic heterocycles. The van der Waals surface area contributed by atoms with Crippen LogP contribution in [0.5, 0.6) is 5.75 Å². The van der Waals surface area contributed by atoms with Crippen molar-refractivity contribution in [3.05, 3.63) is 71.4 Å². The fourth-order valence-corrected chi connectivity index (χ4v) is 3.44. The van der Waals surface area contributed by atoms with Crippen molar-refractivity contribution in [1.29, 1.82) is 0 Å². The molecule has 0 radical (unpaired) electrons. The number of benzene rings is 2. The van der Waals surface area contributed by atoms with Gasteiger partial charge in [0.2, 0.25) is 0 Å². The first-order chi connectivity index (χ1) is 13.2. The SMILES string of the molecule is O=C(c1cnoc1-c1ccccc1)N1CCC(Oc2ccccc2Cl)CC1. The lowest BCUT2D eigenvalue weighted by Crippen LogP contribution is -2.41. The van der Waals surface area contributed by atoms with Gasteiger partial charge in [-0.3, -0.25) is 4.79 Å². The molecule has 1 aliphatic rings. The van der Waals surface area contributed by atoms with Gasteiger partial charge in [0, 0.05) is 31.5 Å². The molecule has 0 unspecified atom stereocenters. The predicted octanol–water partition coefficient (Wildman–Crippen LogP) is 4.68. The molecule has 4 rings (SSSR count). The molecule has 27 heavy (non-hydrogen) atoms. The molecule has 2 heterocycles. The molecule has 0 saturated carbocycles. The van der Waals surface area contributed by atoms with Gasteiger partial charge in [0.25, 0.3) is 5.91 Å². The zero-order chi connectivity index (χ0) is 18.6. The van der Waals surface area contributed by atoms with Gasteiger partial charge < -0.3 is 14.2 Å². The summed E-state index contributed by atoms with van der Waals surface area (Å²) in [5.41, 5.74) is 1.34. The summed E-state index contributed by atoms with van der Waals surface area (Å²) in [6, 6.07) is 17.0. The van der Waals surface area contributed by atoms with Gasteiger partial charge in [0.15, 0.2) is 5.76 Å². The Morgan fingerprint density at radius 2 is 1.78 bits per heavy atom. The number of carbonyl (C=O) groups is 1. The van der Waals surface area contributed by atoms with Crippen molar-refractivity contribution < 1.29 is 14.1 Å². The summed E-state index contributed by atoms with van der Waals surface area (Å²) in [5, 5.41) is 4.44. The van der Waals surface area contributed by atoms with Gasteiger partial charge in [0.05, 0.1) is 11.2 Å². The zero-order valence-corrected chi connectivity index (χ0v) is 15.4. The Morgan fingerprint density at radius 1 is 1.07 bits per heavy atom. The monoisotopic (exact) mass is 382 g/mol. The number of likely N-dealkylation sites (tertiary alicyclic amines) is 1. The van der Waals surface area contributed by atoms with Crippen LogP contribution in [-0.4, -0.2) is 35.2 Å². The van der Waals surface area contributed by atoms with Crippen molar-refractivity contribution >= 4 is 17.5 Å². The van der Waals surface area contributed by atoms with Gasteiger partial charge in [-0.15, -0.1) is 0 Å². The summed E-state index contributed by atoms with van der Waals surface area (Å²) in [5.74, 6) is 1.13. The standard InChI is InChI=1S/C21H19ClN2O3/c22-18-8-4-5-9-19(18)26-16-10-12-24(13-11-16)21(25)17-14-23-27-20(17)15-6-2-1-3-7-15/h1-9,14,16H,10-13H2. The van der Waals surface area contributed by atoms with Crippen LogP contribution in [0.2, 0.25) is 5.02 Å². The minimum atomic E-state index is -0.0636. The van der Waals surface area contributed by atoms with Crippen LogP contribution in [0, 0.1) is 0 Å². The second kappa shape index (κ2) is 7.84. The lowest BCUT2D eigenvalue weighted by molar-refractivity contribution is 0.0596. The number of hydrogen-bond donors (Lipinski definition) is 0. The number of ether oxygens (including phenoxy) is 1. The van der Waals surface area contributed by atoms with Crippen molar-refractivity contribution in [3.63, 3.8) is 0 Å². The van der Waals surface area contributed by atoms with E-state index < -0.39 is 0 Å². The molecule has 5 nitrogen and oxygen atoms in total. The molecule has 0 bridgehead atoms. The van der Waals surface area contributed by atoms with Crippen LogP contribution >= 0.6 is 11.6 Å². The lowest BCUT2D eigenvalue weighted by Gasteiger charge is -2.32. The van der Waals surface area contributed by atoms with Crippen molar-refractivity contribution in [2.75, 3.05) is 13.1 Å². The Bertz CT molecular complexity index is 918. The summed E-state index contributed by atoms with van der Waals surface area (Å²) in [4.78, 5) is 14.8. The lowest BCUT2D eigenvalue weighted by atomic mass is 10.0. The zero-order valence-electron chi connectivity index (χ0n) is 14.7. The molecule has 2 aromatic carbocycles. The van der Waals surface area contributed by atoms with E-state index in [2.05, 4.69) is 5.16 Å². The van der Waals surface area contributed by atoms with E-state index in [0.717, 1.165) is 18.4 Å². The topological polar surface area (TPSA) is 55.6 Å². The van der Waals surface area contributed by atoms with Crippen molar-refractivity contribution in [2.45, 2.75) is 18.9 Å². The van der Waals surface area contributed by atoms with Crippen LogP contribution in [-0.2, 0) is 0 Å². The van der Waals surface area contributed by atoms with Gasteiger partial charge in [-0.25, -0.2) is 0 Å². The first-order valence-corrected chi connectivity index (χ1v) is 9.31. The highest BCUT2D eigenvalue weighted by Crippen LogP contribution is 2.28. The molecule has 0 N–H and O–H groups in total. The third-order valence-corrected chi connectivity index (χ3v) is 5.01. The largest absolute Gasteiger partial charge is 0.489 e. The number of hydrogen-bond acceptors (Lipinski definition) is 4. The van der Waals surface area contributed by atoms with Crippen LogP contribution in [0.4, 0.5) is 0 Å². The van der Waals surface area contributed by atoms with Crippen LogP contribution in [0.1, 0.15) is 23.2 Å². The van der Waals surface area contributed by atoms with Crippen LogP contribution in [0.3, 0.4) is 0 Å². The van der Waals surface area contributed by atoms with Gasteiger partial charge in [0.1, 0.15) is 17.4 Å². The fraction of sp³-hybridized carbons (Fsp3) is 0.238. The second-order valence-corrected chi connectivity index (χ2v) is 6.88. The smallest absolute Gasteiger partial charge is 0.259 e. The molecule has 1 aliphatic heterocycles. The van der Waals surface area contributed by atoms with E-state index in [1.165, 1.54) is 6.20 Å². The molecule has 0 atom stereocenters. The molecular formula is C21H19ClN2O3. The Labute approximate surface area is 162 Å². The number of nitrogens with zero attached hydrogens (tertiary/aromatic N) is 2. The van der Waals surface area contributed by atoms with Crippen LogP contribution in [0.25, 0.3) is 11.3 Å². The van der Waals surface area contributed by atoms with E-state index in [-0.39, 0.29) is 12.0 Å². The number of aromatic nitrogens is 1. The maximum Gasteiger partial charge on any atom is 0.259 e. The summed E-state index contributed by atoms with van der Waals surface area (Å²) in [6.07, 6.45) is 3.05. The predicted molar refractivity (Wildman–Crippen MR) is 103 cm³/mol. The Balaban J connectivity index is 1.41. The van der Waals surface area contributed by atoms with E-state index in [9.17, 15) is 4.79 Å². The van der Waals surface area contributed by atoms with Crippen molar-refractivity contribution in [1.82, 2.24) is 10.1 Å². The van der Waals surface area contributed by atoms with E-state index >= 15 is 0 Å². The van der Waals surface area contributed by atoms with Gasteiger partial charge in [-0.05, 0) is 12.1 Å². The van der Waals surface area contributed by atoms with E-state index in [0.29, 0.717) is 35.2 Å². The van der Waals surface area contributed by atoms with Gasteiger partial charge in [-0.1, -0.05) is 59.2 Å². The summed E-state index contributed by atoms with van der Waals surface area (Å²) in [6.45, 7) is 1.24. The third kappa shape index (κ3) is 3.83. The maximum atomic E-state index is 12.9. The molecule has 3 aromatic rings. The highest BCUT2D eigenvalue weighted by molar-refractivity contribution is 6.32. The molecule has 0 aliphatic carbocycles. The average Bonchev–Trinajstić information content (AvgIpc) is 3.20. The number of amides is 1. The number of rotatable bonds is 4. The van der Waals surface area contributed by atoms with E-state index in [1.807, 2.05) is 59.5 Å². The first-order valence-electron chi connectivity index (χ1n) is 8.93. The third-order valence-electron chi connectivity index (χ3n) is 4.70. The first kappa shape index (κ1) is 17.6. The van der Waals surface area contributed by atoms with E-state index in [1.54, 1.807) is 0 Å². The van der Waals surface area contributed by atoms with Gasteiger partial charge >= 0.3 is 0 Å². The molecular weight excluding hydrogens is 364 g/mol. The minimum Gasteiger partial charge on any atom is -0.489 e. The fourth-order valence-electron chi connectivity index (χ4n) is 3.26. The maximum absolute atomic E-state index is 12.9. The normalized spacial score (nSPS) is 14.9. The van der Waals surface area contributed by atoms with E-state index in [4.69, 9.17) is 20.9 Å². The molecule has 0 spiro atoms. The molecule has 138 valence electrons. The quantitative estimate of drug-likeness (QED) is 0.657. The minimum absolute atomic E-state index is 0.0463. The summed E-state index contributed by atoms with van der Waals surface area (Å²) < 4.78 is 11.3.